The first-order valence-corrected chi connectivity index (χ1v) is 10.6. The Labute approximate surface area is 173 Å². The van der Waals surface area contributed by atoms with Gasteiger partial charge in [-0.1, -0.05) is 60.2 Å². The van der Waals surface area contributed by atoms with Gasteiger partial charge in [0.2, 0.25) is 0 Å². The summed E-state index contributed by atoms with van der Waals surface area (Å²) < 4.78 is 6.24. The van der Waals surface area contributed by atoms with Crippen LogP contribution >= 0.6 is 0 Å². The molecule has 0 saturated carbocycles. The molecule has 1 aliphatic heterocycles. The second kappa shape index (κ2) is 9.23. The molecule has 3 aromatic rings. The van der Waals surface area contributed by atoms with Crippen molar-refractivity contribution in [1.29, 1.82) is 0 Å². The highest BCUT2D eigenvalue weighted by molar-refractivity contribution is 5.96. The molecule has 3 aromatic carbocycles. The van der Waals surface area contributed by atoms with Crippen LogP contribution < -0.4 is 4.74 Å². The molecule has 1 saturated heterocycles. The Morgan fingerprint density at radius 3 is 2.45 bits per heavy atom. The number of ketones is 1. The third-order valence-corrected chi connectivity index (χ3v) is 5.81. The summed E-state index contributed by atoms with van der Waals surface area (Å²) in [6, 6.07) is 22.6. The fourth-order valence-corrected chi connectivity index (χ4v) is 4.03. The number of fused-ring (bicyclic) bond motifs is 1. The summed E-state index contributed by atoms with van der Waals surface area (Å²) in [5.41, 5.74) is 2.02. The first-order chi connectivity index (χ1) is 14.2. The third-order valence-electron chi connectivity index (χ3n) is 5.81. The summed E-state index contributed by atoms with van der Waals surface area (Å²) in [5, 5.41) is 2.47. The van der Waals surface area contributed by atoms with E-state index in [1.165, 1.54) is 16.3 Å². The SMILES string of the molecule is Cc1ccc(C(=O)CCCN2CCC(Oc3ccc4ccccc4c3)CC2)cc1. The topological polar surface area (TPSA) is 29.5 Å². The molecule has 0 aromatic heterocycles. The number of Topliss-reactive ketones (excluding diaryl/α,β-unsaturated/α-hetero) is 1. The molecule has 1 fully saturated rings. The van der Waals surface area contributed by atoms with Crippen LogP contribution in [0.25, 0.3) is 10.8 Å². The van der Waals surface area contributed by atoms with Crippen LogP contribution in [0.15, 0.2) is 66.7 Å². The lowest BCUT2D eigenvalue weighted by atomic mass is 10.0. The van der Waals surface area contributed by atoms with Gasteiger partial charge in [-0.15, -0.1) is 0 Å². The fraction of sp³-hybridized carbons (Fsp3) is 0.346. The Balaban J connectivity index is 1.20. The van der Waals surface area contributed by atoms with Crippen LogP contribution in [0.5, 0.6) is 5.75 Å². The lowest BCUT2D eigenvalue weighted by Gasteiger charge is -2.32. The van der Waals surface area contributed by atoms with E-state index < -0.39 is 0 Å². The Bertz CT molecular complexity index is 956. The van der Waals surface area contributed by atoms with Gasteiger partial charge in [0.25, 0.3) is 0 Å². The number of piperidine rings is 1. The Morgan fingerprint density at radius 1 is 0.966 bits per heavy atom. The second-order valence-corrected chi connectivity index (χ2v) is 8.06. The molecule has 150 valence electrons. The number of hydrogen-bond donors (Lipinski definition) is 0. The van der Waals surface area contributed by atoms with Crippen molar-refractivity contribution < 1.29 is 9.53 Å². The average Bonchev–Trinajstić information content (AvgIpc) is 2.75. The third kappa shape index (κ3) is 5.24. The lowest BCUT2D eigenvalue weighted by molar-refractivity contribution is 0.0921. The molecule has 3 nitrogen and oxygen atoms in total. The minimum atomic E-state index is 0.250. The highest BCUT2D eigenvalue weighted by Gasteiger charge is 2.20. The highest BCUT2D eigenvalue weighted by Crippen LogP contribution is 2.24. The largest absolute Gasteiger partial charge is 0.490 e. The van der Waals surface area contributed by atoms with Gasteiger partial charge in [-0.2, -0.15) is 0 Å². The molecule has 0 radical (unpaired) electrons. The summed E-state index contributed by atoms with van der Waals surface area (Å²) >= 11 is 0. The predicted octanol–water partition coefficient (Wildman–Crippen LogP) is 5.65. The van der Waals surface area contributed by atoms with Gasteiger partial charge in [0, 0.05) is 25.1 Å². The number of aryl methyl sites for hydroxylation is 1. The van der Waals surface area contributed by atoms with Gasteiger partial charge in [-0.05, 0) is 55.6 Å². The van der Waals surface area contributed by atoms with Crippen molar-refractivity contribution in [3.63, 3.8) is 0 Å². The van der Waals surface area contributed by atoms with E-state index in [9.17, 15) is 4.79 Å². The van der Waals surface area contributed by atoms with Crippen molar-refractivity contribution >= 4 is 16.6 Å². The molecule has 0 aliphatic carbocycles. The molecule has 0 spiro atoms. The van der Waals surface area contributed by atoms with Crippen molar-refractivity contribution in [2.75, 3.05) is 19.6 Å². The van der Waals surface area contributed by atoms with Crippen molar-refractivity contribution in [1.82, 2.24) is 4.90 Å². The Morgan fingerprint density at radius 2 is 1.69 bits per heavy atom. The van der Waals surface area contributed by atoms with Gasteiger partial charge < -0.3 is 9.64 Å². The fourth-order valence-electron chi connectivity index (χ4n) is 4.03. The van der Waals surface area contributed by atoms with Gasteiger partial charge in [0.05, 0.1) is 0 Å². The number of nitrogens with zero attached hydrogens (tertiary/aromatic N) is 1. The summed E-state index contributed by atoms with van der Waals surface area (Å²) in [4.78, 5) is 14.8. The highest BCUT2D eigenvalue weighted by atomic mass is 16.5. The van der Waals surface area contributed by atoms with E-state index in [-0.39, 0.29) is 11.9 Å². The summed E-state index contributed by atoms with van der Waals surface area (Å²) in [7, 11) is 0. The van der Waals surface area contributed by atoms with Crippen molar-refractivity contribution in [2.24, 2.45) is 0 Å². The molecular weight excluding hydrogens is 358 g/mol. The molecular formula is C26H29NO2. The zero-order valence-electron chi connectivity index (χ0n) is 17.1. The lowest BCUT2D eigenvalue weighted by Crippen LogP contribution is -2.38. The van der Waals surface area contributed by atoms with Gasteiger partial charge in [0.1, 0.15) is 11.9 Å². The zero-order chi connectivity index (χ0) is 20.1. The zero-order valence-corrected chi connectivity index (χ0v) is 17.1. The molecule has 0 atom stereocenters. The van der Waals surface area contributed by atoms with Crippen LogP contribution in [0.2, 0.25) is 0 Å². The van der Waals surface area contributed by atoms with Gasteiger partial charge in [-0.3, -0.25) is 4.79 Å². The van der Waals surface area contributed by atoms with Crippen LogP contribution in [0.3, 0.4) is 0 Å². The molecule has 0 amide bonds. The number of rotatable bonds is 7. The van der Waals surface area contributed by atoms with E-state index in [1.54, 1.807) is 0 Å². The Kier molecular flexibility index (Phi) is 6.26. The van der Waals surface area contributed by atoms with Gasteiger partial charge in [0.15, 0.2) is 5.78 Å². The van der Waals surface area contributed by atoms with Gasteiger partial charge in [-0.25, -0.2) is 0 Å². The number of hydrogen-bond acceptors (Lipinski definition) is 3. The smallest absolute Gasteiger partial charge is 0.162 e. The Hall–Kier alpha value is -2.65. The quantitative estimate of drug-likeness (QED) is 0.490. The normalized spacial score (nSPS) is 15.5. The molecule has 0 bridgehead atoms. The van der Waals surface area contributed by atoms with Crippen LogP contribution in [0.4, 0.5) is 0 Å². The standard InChI is InChI=1S/C26H29NO2/c1-20-8-10-22(11-9-20)26(28)7-4-16-27-17-14-24(15-18-27)29-25-13-12-21-5-2-3-6-23(21)19-25/h2-3,5-6,8-13,19,24H,4,7,14-18H2,1H3. The number of likely N-dealkylation sites (tertiary alicyclic amines) is 1. The van der Waals surface area contributed by atoms with Gasteiger partial charge >= 0.3 is 0 Å². The van der Waals surface area contributed by atoms with E-state index in [0.29, 0.717) is 6.42 Å². The minimum absolute atomic E-state index is 0.250. The molecule has 3 heteroatoms. The summed E-state index contributed by atoms with van der Waals surface area (Å²) in [6.07, 6.45) is 3.90. The van der Waals surface area contributed by atoms with Crippen LogP contribution in [0, 0.1) is 6.92 Å². The van der Waals surface area contributed by atoms with Crippen LogP contribution in [-0.2, 0) is 0 Å². The predicted molar refractivity (Wildman–Crippen MR) is 119 cm³/mol. The van der Waals surface area contributed by atoms with E-state index >= 15 is 0 Å². The number of ether oxygens (including phenoxy) is 1. The molecule has 1 aliphatic rings. The van der Waals surface area contributed by atoms with Crippen molar-refractivity contribution in [2.45, 2.75) is 38.7 Å². The molecule has 0 unspecified atom stereocenters. The van der Waals surface area contributed by atoms with E-state index in [1.807, 2.05) is 31.2 Å². The molecule has 1 heterocycles. The average molecular weight is 388 g/mol. The number of carbonyl (C=O) groups is 1. The molecule has 4 rings (SSSR count). The summed E-state index contributed by atoms with van der Waals surface area (Å²) in [6.45, 7) is 5.11. The monoisotopic (exact) mass is 387 g/mol. The van der Waals surface area contributed by atoms with Crippen LogP contribution in [0.1, 0.15) is 41.6 Å². The van der Waals surface area contributed by atoms with E-state index in [4.69, 9.17) is 4.74 Å². The maximum Gasteiger partial charge on any atom is 0.162 e. The van der Waals surface area contributed by atoms with Crippen molar-refractivity contribution in [3.05, 3.63) is 77.9 Å². The molecule has 29 heavy (non-hydrogen) atoms. The minimum Gasteiger partial charge on any atom is -0.490 e. The number of benzene rings is 3. The maximum atomic E-state index is 12.3. The van der Waals surface area contributed by atoms with Crippen LogP contribution in [-0.4, -0.2) is 36.4 Å². The number of carbonyl (C=O) groups excluding carboxylic acids is 1. The van der Waals surface area contributed by atoms with E-state index in [2.05, 4.69) is 47.4 Å². The second-order valence-electron chi connectivity index (χ2n) is 8.06. The first-order valence-electron chi connectivity index (χ1n) is 10.6. The molecule has 0 N–H and O–H groups in total. The first kappa shape index (κ1) is 19.7. The maximum absolute atomic E-state index is 12.3. The van der Waals surface area contributed by atoms with Crippen molar-refractivity contribution in [3.8, 4) is 5.75 Å². The van der Waals surface area contributed by atoms with E-state index in [0.717, 1.165) is 50.2 Å². The summed E-state index contributed by atoms with van der Waals surface area (Å²) in [5.74, 6) is 1.21.